The summed E-state index contributed by atoms with van der Waals surface area (Å²) in [7, 11) is 3.12. The average molecular weight is 488 g/mol. The maximum absolute atomic E-state index is 13.3. The van der Waals surface area contributed by atoms with E-state index < -0.39 is 11.9 Å². The minimum atomic E-state index is -0.822. The highest BCUT2D eigenvalue weighted by atomic mass is 16.5. The van der Waals surface area contributed by atoms with E-state index in [1.807, 2.05) is 37.3 Å². The summed E-state index contributed by atoms with van der Waals surface area (Å²) in [5.74, 6) is 0.269. The number of amides is 3. The van der Waals surface area contributed by atoms with Gasteiger partial charge in [0.2, 0.25) is 11.8 Å². The molecule has 8 heteroatoms. The van der Waals surface area contributed by atoms with Crippen LogP contribution in [-0.2, 0) is 16.1 Å². The fourth-order valence-corrected chi connectivity index (χ4v) is 4.41. The van der Waals surface area contributed by atoms with E-state index in [1.54, 1.807) is 56.7 Å². The van der Waals surface area contributed by atoms with E-state index in [9.17, 15) is 14.4 Å². The monoisotopic (exact) mass is 487 g/mol. The van der Waals surface area contributed by atoms with Gasteiger partial charge < -0.3 is 25.0 Å². The molecule has 3 aromatic carbocycles. The van der Waals surface area contributed by atoms with Gasteiger partial charge in [-0.15, -0.1) is 0 Å². The van der Waals surface area contributed by atoms with E-state index in [2.05, 4.69) is 10.6 Å². The molecule has 0 aliphatic carbocycles. The van der Waals surface area contributed by atoms with E-state index in [4.69, 9.17) is 9.47 Å². The number of benzene rings is 3. The zero-order valence-corrected chi connectivity index (χ0v) is 20.5. The van der Waals surface area contributed by atoms with Crippen LogP contribution >= 0.6 is 0 Å². The summed E-state index contributed by atoms with van der Waals surface area (Å²) in [5.41, 5.74) is 2.79. The van der Waals surface area contributed by atoms with Crippen LogP contribution in [0.1, 0.15) is 46.1 Å². The minimum absolute atomic E-state index is 0.210. The molecule has 0 radical (unpaired) electrons. The maximum Gasteiger partial charge on any atom is 0.255 e. The van der Waals surface area contributed by atoms with Crippen molar-refractivity contribution in [1.82, 2.24) is 15.5 Å². The van der Waals surface area contributed by atoms with Crippen molar-refractivity contribution in [1.29, 1.82) is 0 Å². The number of ether oxygens (including phenoxy) is 2. The van der Waals surface area contributed by atoms with Gasteiger partial charge in [0.25, 0.3) is 5.91 Å². The van der Waals surface area contributed by atoms with Gasteiger partial charge in [0.1, 0.15) is 17.5 Å². The first-order chi connectivity index (χ1) is 17.4. The predicted molar refractivity (Wildman–Crippen MR) is 135 cm³/mol. The lowest BCUT2D eigenvalue weighted by molar-refractivity contribution is -0.129. The molecular weight excluding hydrogens is 458 g/mol. The highest BCUT2D eigenvalue weighted by Crippen LogP contribution is 2.35. The summed E-state index contributed by atoms with van der Waals surface area (Å²) in [6.07, 6.45) is 0. The van der Waals surface area contributed by atoms with Gasteiger partial charge >= 0.3 is 0 Å². The summed E-state index contributed by atoms with van der Waals surface area (Å²) in [5, 5.41) is 5.59. The van der Waals surface area contributed by atoms with Crippen LogP contribution in [0, 0.1) is 0 Å². The molecule has 0 aromatic heterocycles. The Bertz CT molecular complexity index is 1260. The number of carbonyl (C=O) groups is 3. The lowest BCUT2D eigenvalue weighted by atomic mass is 10.0. The Kier molecular flexibility index (Phi) is 7.53. The van der Waals surface area contributed by atoms with Gasteiger partial charge in [-0.1, -0.05) is 48.5 Å². The number of nitrogens with one attached hydrogen (secondary N) is 2. The Hall–Kier alpha value is -4.33. The second kappa shape index (κ2) is 10.9. The number of fused-ring (bicyclic) bond motifs is 1. The van der Waals surface area contributed by atoms with Crippen LogP contribution in [0.3, 0.4) is 0 Å². The van der Waals surface area contributed by atoms with E-state index in [0.29, 0.717) is 22.6 Å². The first-order valence-corrected chi connectivity index (χ1v) is 11.7. The number of hydrogen-bond donors (Lipinski definition) is 2. The predicted octanol–water partition coefficient (Wildman–Crippen LogP) is 3.39. The molecule has 1 heterocycles. The molecule has 8 nitrogen and oxygen atoms in total. The third kappa shape index (κ3) is 5.17. The van der Waals surface area contributed by atoms with E-state index in [0.717, 1.165) is 11.1 Å². The molecule has 2 N–H and O–H groups in total. The number of carbonyl (C=O) groups excluding carboxylic acids is 3. The third-order valence-electron chi connectivity index (χ3n) is 6.21. The largest absolute Gasteiger partial charge is 0.497 e. The Balaban J connectivity index is 1.45. The Morgan fingerprint density at radius 2 is 1.69 bits per heavy atom. The van der Waals surface area contributed by atoms with Gasteiger partial charge in [-0.05, 0) is 42.3 Å². The van der Waals surface area contributed by atoms with Gasteiger partial charge in [0, 0.05) is 17.7 Å². The molecule has 4 rings (SSSR count). The molecular formula is C28H29N3O5. The molecule has 186 valence electrons. The number of nitrogens with zero attached hydrogens (tertiary/aromatic N) is 1. The van der Waals surface area contributed by atoms with Gasteiger partial charge in [-0.2, -0.15) is 0 Å². The molecule has 0 fully saturated rings. The lowest BCUT2D eigenvalue weighted by Crippen LogP contribution is -2.43. The van der Waals surface area contributed by atoms with Gasteiger partial charge in [0.05, 0.1) is 26.8 Å². The Morgan fingerprint density at radius 1 is 0.972 bits per heavy atom. The maximum atomic E-state index is 13.3. The first kappa shape index (κ1) is 24.8. The van der Waals surface area contributed by atoms with Crippen molar-refractivity contribution in [3.63, 3.8) is 0 Å². The van der Waals surface area contributed by atoms with Crippen LogP contribution in [0.2, 0.25) is 0 Å². The minimum Gasteiger partial charge on any atom is -0.497 e. The zero-order valence-electron chi connectivity index (χ0n) is 20.5. The van der Waals surface area contributed by atoms with E-state index in [1.165, 1.54) is 4.90 Å². The average Bonchev–Trinajstić information content (AvgIpc) is 3.18. The summed E-state index contributed by atoms with van der Waals surface area (Å²) < 4.78 is 10.7. The normalized spacial score (nSPS) is 15.1. The zero-order chi connectivity index (χ0) is 25.7. The molecule has 2 atom stereocenters. The molecule has 0 bridgehead atoms. The quantitative estimate of drug-likeness (QED) is 0.482. The van der Waals surface area contributed by atoms with Crippen molar-refractivity contribution in [2.75, 3.05) is 20.8 Å². The SMILES string of the molecule is COc1ccc(OC)c(C(C)NC(=O)CNC(=O)C2c3ccccc3C(=O)N2Cc2ccccc2)c1. The fraction of sp³-hybridized carbons (Fsp3) is 0.250. The fourth-order valence-electron chi connectivity index (χ4n) is 4.41. The molecule has 36 heavy (non-hydrogen) atoms. The Labute approximate surface area is 210 Å². The number of hydrogen-bond acceptors (Lipinski definition) is 5. The molecule has 0 spiro atoms. The standard InChI is InChI=1S/C28H29N3O5/c1-18(23-15-20(35-2)13-14-24(23)36-3)30-25(32)16-29-27(33)26-21-11-7-8-12-22(21)28(34)31(26)17-19-9-5-4-6-10-19/h4-15,18,26H,16-17H2,1-3H3,(H,29,33)(H,30,32). The summed E-state index contributed by atoms with van der Waals surface area (Å²) >= 11 is 0. The van der Waals surface area contributed by atoms with Crippen molar-refractivity contribution in [2.45, 2.75) is 25.6 Å². The smallest absolute Gasteiger partial charge is 0.255 e. The molecule has 0 saturated carbocycles. The van der Waals surface area contributed by atoms with Crippen LogP contribution in [-0.4, -0.2) is 43.4 Å². The second-order valence-electron chi connectivity index (χ2n) is 8.52. The van der Waals surface area contributed by atoms with Crippen molar-refractivity contribution in [3.8, 4) is 11.5 Å². The topological polar surface area (TPSA) is 97.0 Å². The van der Waals surface area contributed by atoms with Crippen LogP contribution in [0.5, 0.6) is 11.5 Å². The summed E-state index contributed by atoms with van der Waals surface area (Å²) in [6.45, 7) is 1.87. The van der Waals surface area contributed by atoms with Crippen molar-refractivity contribution < 1.29 is 23.9 Å². The molecule has 3 amide bonds. The third-order valence-corrected chi connectivity index (χ3v) is 6.21. The van der Waals surface area contributed by atoms with Crippen LogP contribution in [0.25, 0.3) is 0 Å². The molecule has 1 aliphatic heterocycles. The second-order valence-corrected chi connectivity index (χ2v) is 8.52. The highest BCUT2D eigenvalue weighted by molar-refractivity contribution is 6.05. The Morgan fingerprint density at radius 3 is 2.42 bits per heavy atom. The van der Waals surface area contributed by atoms with Crippen LogP contribution < -0.4 is 20.1 Å². The first-order valence-electron chi connectivity index (χ1n) is 11.7. The molecule has 1 aliphatic rings. The van der Waals surface area contributed by atoms with Crippen LogP contribution in [0.15, 0.2) is 72.8 Å². The van der Waals surface area contributed by atoms with Gasteiger partial charge in [-0.3, -0.25) is 14.4 Å². The molecule has 2 unspecified atom stereocenters. The summed E-state index contributed by atoms with van der Waals surface area (Å²) in [4.78, 5) is 40.6. The summed E-state index contributed by atoms with van der Waals surface area (Å²) in [6, 6.07) is 20.7. The highest BCUT2D eigenvalue weighted by Gasteiger charge is 2.40. The van der Waals surface area contributed by atoms with Crippen molar-refractivity contribution in [2.24, 2.45) is 0 Å². The molecule has 0 saturated heterocycles. The van der Waals surface area contributed by atoms with Crippen LogP contribution in [0.4, 0.5) is 0 Å². The van der Waals surface area contributed by atoms with E-state index in [-0.39, 0.29) is 30.9 Å². The number of methoxy groups -OCH3 is 2. The van der Waals surface area contributed by atoms with Crippen molar-refractivity contribution >= 4 is 17.7 Å². The van der Waals surface area contributed by atoms with E-state index >= 15 is 0 Å². The lowest BCUT2D eigenvalue weighted by Gasteiger charge is -2.25. The van der Waals surface area contributed by atoms with Gasteiger partial charge in [0.15, 0.2) is 0 Å². The van der Waals surface area contributed by atoms with Gasteiger partial charge in [-0.25, -0.2) is 0 Å². The van der Waals surface area contributed by atoms with Crippen molar-refractivity contribution in [3.05, 3.63) is 95.1 Å². The molecule has 3 aromatic rings. The number of rotatable bonds is 9.